The number of anilines is 1. The first-order chi connectivity index (χ1) is 9.58. The molecule has 0 fully saturated rings. The number of carbonyl (C=O) groups excluding carboxylic acids is 2. The highest BCUT2D eigenvalue weighted by atomic mass is 16.4. The molecule has 2 amide bonds. The first kappa shape index (κ1) is 12.1. The number of aromatic carboxylic acids is 1. The number of benzene rings is 1. The molecule has 0 bridgehead atoms. The summed E-state index contributed by atoms with van der Waals surface area (Å²) < 4.78 is 0. The number of fused-ring (bicyclic) bond motifs is 1. The number of nitrogens with zero attached hydrogens (tertiary/aromatic N) is 2. The topological polar surface area (TPSA) is 103 Å². The van der Waals surface area contributed by atoms with Crippen molar-refractivity contribution in [2.45, 2.75) is 6.42 Å². The molecule has 1 aromatic carbocycles. The van der Waals surface area contributed by atoms with E-state index in [0.29, 0.717) is 11.1 Å². The number of aromatic nitrogens is 2. The van der Waals surface area contributed by atoms with E-state index in [2.05, 4.69) is 10.2 Å². The van der Waals surface area contributed by atoms with Gasteiger partial charge in [-0.05, 0) is 11.6 Å². The van der Waals surface area contributed by atoms with Gasteiger partial charge in [0, 0.05) is 11.6 Å². The van der Waals surface area contributed by atoms with Crippen molar-refractivity contribution < 1.29 is 19.5 Å². The third kappa shape index (κ3) is 1.76. The molecule has 3 rings (SSSR count). The van der Waals surface area contributed by atoms with Gasteiger partial charge in [-0.2, -0.15) is 5.10 Å². The van der Waals surface area contributed by atoms with Crippen LogP contribution in [0.2, 0.25) is 0 Å². The Hall–Kier alpha value is -2.96. The number of aromatic amines is 1. The highest BCUT2D eigenvalue weighted by molar-refractivity contribution is 6.24. The molecule has 2 N–H and O–H groups in total. The van der Waals surface area contributed by atoms with Crippen molar-refractivity contribution in [1.82, 2.24) is 10.2 Å². The van der Waals surface area contributed by atoms with Gasteiger partial charge in [0.25, 0.3) is 5.91 Å². The summed E-state index contributed by atoms with van der Waals surface area (Å²) in [6.45, 7) is 0. The first-order valence-corrected chi connectivity index (χ1v) is 5.82. The fourth-order valence-electron chi connectivity index (χ4n) is 2.13. The van der Waals surface area contributed by atoms with Crippen LogP contribution in [-0.2, 0) is 11.2 Å². The van der Waals surface area contributed by atoms with E-state index < -0.39 is 17.8 Å². The zero-order chi connectivity index (χ0) is 14.3. The molecule has 7 nitrogen and oxygen atoms in total. The van der Waals surface area contributed by atoms with Crippen molar-refractivity contribution in [2.75, 3.05) is 4.90 Å². The summed E-state index contributed by atoms with van der Waals surface area (Å²) in [7, 11) is 0. The van der Waals surface area contributed by atoms with Crippen LogP contribution in [0.1, 0.15) is 26.4 Å². The molecular formula is C13H9N3O4. The number of H-pyrrole nitrogens is 1. The van der Waals surface area contributed by atoms with E-state index in [1.54, 1.807) is 24.3 Å². The standard InChI is InChI=1S/C13H9N3O4/c17-11-5-7-3-1-2-4-8(7)12(18)16(11)10-6-9(13(19)20)14-15-10/h1-4,6H,5H2,(H,14,15)(H,19,20). The Kier molecular flexibility index (Phi) is 2.60. The third-order valence-corrected chi connectivity index (χ3v) is 3.07. The largest absolute Gasteiger partial charge is 0.477 e. The van der Waals surface area contributed by atoms with Gasteiger partial charge in [-0.1, -0.05) is 18.2 Å². The summed E-state index contributed by atoms with van der Waals surface area (Å²) in [5, 5.41) is 14.8. The molecule has 2 heterocycles. The molecular weight excluding hydrogens is 262 g/mol. The molecule has 1 aliphatic rings. The quantitative estimate of drug-likeness (QED) is 0.788. The van der Waals surface area contributed by atoms with Crippen LogP contribution in [-0.4, -0.2) is 33.1 Å². The summed E-state index contributed by atoms with van der Waals surface area (Å²) >= 11 is 0. The molecule has 1 aliphatic heterocycles. The number of rotatable bonds is 2. The smallest absolute Gasteiger partial charge is 0.353 e. The zero-order valence-electron chi connectivity index (χ0n) is 10.2. The van der Waals surface area contributed by atoms with Crippen molar-refractivity contribution in [1.29, 1.82) is 0 Å². The summed E-state index contributed by atoms with van der Waals surface area (Å²) in [5.41, 5.74) is 0.902. The molecule has 0 unspecified atom stereocenters. The van der Waals surface area contributed by atoms with Crippen molar-refractivity contribution in [2.24, 2.45) is 0 Å². The Morgan fingerprint density at radius 3 is 2.75 bits per heavy atom. The molecule has 0 spiro atoms. The van der Waals surface area contributed by atoms with E-state index in [1.807, 2.05) is 0 Å². The third-order valence-electron chi connectivity index (χ3n) is 3.07. The Morgan fingerprint density at radius 2 is 2.05 bits per heavy atom. The maximum absolute atomic E-state index is 12.3. The second-order valence-corrected chi connectivity index (χ2v) is 4.31. The molecule has 7 heteroatoms. The lowest BCUT2D eigenvalue weighted by atomic mass is 9.98. The summed E-state index contributed by atoms with van der Waals surface area (Å²) in [4.78, 5) is 36.1. The van der Waals surface area contributed by atoms with Crippen LogP contribution < -0.4 is 4.90 Å². The fraction of sp³-hybridized carbons (Fsp3) is 0.0769. The number of carboxylic acids is 1. The Labute approximate surface area is 112 Å². The number of carbonyl (C=O) groups is 3. The second kappa shape index (κ2) is 4.30. The van der Waals surface area contributed by atoms with Crippen molar-refractivity contribution in [3.63, 3.8) is 0 Å². The van der Waals surface area contributed by atoms with Crippen molar-refractivity contribution in [3.05, 3.63) is 47.2 Å². The van der Waals surface area contributed by atoms with Crippen LogP contribution in [0.4, 0.5) is 5.82 Å². The van der Waals surface area contributed by atoms with Gasteiger partial charge in [0.15, 0.2) is 5.82 Å². The van der Waals surface area contributed by atoms with E-state index in [-0.39, 0.29) is 17.9 Å². The second-order valence-electron chi connectivity index (χ2n) is 4.31. The zero-order valence-corrected chi connectivity index (χ0v) is 10.2. The van der Waals surface area contributed by atoms with E-state index in [0.717, 1.165) is 11.0 Å². The highest BCUT2D eigenvalue weighted by Crippen LogP contribution is 2.24. The van der Waals surface area contributed by atoms with Crippen LogP contribution in [0.15, 0.2) is 30.3 Å². The lowest BCUT2D eigenvalue weighted by Gasteiger charge is -2.24. The average molecular weight is 271 g/mol. The van der Waals surface area contributed by atoms with E-state index >= 15 is 0 Å². The van der Waals surface area contributed by atoms with Crippen LogP contribution in [0.3, 0.4) is 0 Å². The van der Waals surface area contributed by atoms with Gasteiger partial charge in [0.2, 0.25) is 5.91 Å². The molecule has 0 aliphatic carbocycles. The maximum Gasteiger partial charge on any atom is 0.353 e. The number of hydrogen-bond acceptors (Lipinski definition) is 4. The minimum atomic E-state index is -1.21. The van der Waals surface area contributed by atoms with Crippen molar-refractivity contribution in [3.8, 4) is 0 Å². The van der Waals surface area contributed by atoms with Crippen LogP contribution >= 0.6 is 0 Å². The molecule has 0 saturated heterocycles. The summed E-state index contributed by atoms with van der Waals surface area (Å²) in [5.74, 6) is -2.15. The van der Waals surface area contributed by atoms with Crippen LogP contribution in [0.25, 0.3) is 0 Å². The lowest BCUT2D eigenvalue weighted by Crippen LogP contribution is -2.42. The van der Waals surface area contributed by atoms with Gasteiger partial charge in [-0.15, -0.1) is 0 Å². The number of carboxylic acid groups (broad SMARTS) is 1. The van der Waals surface area contributed by atoms with E-state index in [4.69, 9.17) is 5.11 Å². The van der Waals surface area contributed by atoms with Gasteiger partial charge in [0.05, 0.1) is 6.42 Å². The predicted molar refractivity (Wildman–Crippen MR) is 67.5 cm³/mol. The SMILES string of the molecule is O=C(O)c1cc(N2C(=O)Cc3ccccc3C2=O)n[nH]1. The predicted octanol–water partition coefficient (Wildman–Crippen LogP) is 0.837. The Bertz CT molecular complexity index is 735. The minimum absolute atomic E-state index is 0.00750. The number of imide groups is 1. The first-order valence-electron chi connectivity index (χ1n) is 5.82. The highest BCUT2D eigenvalue weighted by Gasteiger charge is 2.33. The molecule has 2 aromatic rings. The number of hydrogen-bond donors (Lipinski definition) is 2. The minimum Gasteiger partial charge on any atom is -0.477 e. The molecule has 0 atom stereocenters. The Balaban J connectivity index is 2.04. The summed E-state index contributed by atoms with van der Waals surface area (Å²) in [6.07, 6.45) is 0.0805. The molecule has 1 aromatic heterocycles. The van der Waals surface area contributed by atoms with E-state index in [9.17, 15) is 14.4 Å². The van der Waals surface area contributed by atoms with Gasteiger partial charge in [0.1, 0.15) is 5.69 Å². The van der Waals surface area contributed by atoms with Gasteiger partial charge < -0.3 is 5.11 Å². The summed E-state index contributed by atoms with van der Waals surface area (Å²) in [6, 6.07) is 7.97. The van der Waals surface area contributed by atoms with E-state index in [1.165, 1.54) is 0 Å². The van der Waals surface area contributed by atoms with Gasteiger partial charge >= 0.3 is 5.97 Å². The Morgan fingerprint density at radius 1 is 1.30 bits per heavy atom. The van der Waals surface area contributed by atoms with Crippen molar-refractivity contribution >= 4 is 23.6 Å². The number of nitrogens with one attached hydrogen (secondary N) is 1. The average Bonchev–Trinajstić information content (AvgIpc) is 2.88. The lowest BCUT2D eigenvalue weighted by molar-refractivity contribution is -0.117. The number of amides is 2. The monoisotopic (exact) mass is 271 g/mol. The van der Waals surface area contributed by atoms with Gasteiger partial charge in [-0.25, -0.2) is 9.69 Å². The molecule has 0 radical (unpaired) electrons. The van der Waals surface area contributed by atoms with Gasteiger partial charge in [-0.3, -0.25) is 14.7 Å². The van der Waals surface area contributed by atoms with Crippen LogP contribution in [0, 0.1) is 0 Å². The molecule has 20 heavy (non-hydrogen) atoms. The van der Waals surface area contributed by atoms with Crippen LogP contribution in [0.5, 0.6) is 0 Å². The normalized spacial score (nSPS) is 14.3. The maximum atomic E-state index is 12.3. The molecule has 0 saturated carbocycles. The molecule has 100 valence electrons. The fourth-order valence-corrected chi connectivity index (χ4v) is 2.13.